The number of ether oxygens (including phenoxy) is 2. The minimum atomic E-state index is -4.24. The molecule has 1 fully saturated rings. The van der Waals surface area contributed by atoms with Crippen LogP contribution in [0.5, 0.6) is 11.5 Å². The predicted molar refractivity (Wildman–Crippen MR) is 138 cm³/mol. The maximum absolute atomic E-state index is 13.8. The number of hydrogen-bond acceptors (Lipinski definition) is 6. The molecule has 3 rings (SSSR count). The van der Waals surface area contributed by atoms with Crippen LogP contribution in [0.25, 0.3) is 0 Å². The molecule has 2 aromatic carbocycles. The Kier molecular flexibility index (Phi) is 9.81. The number of methoxy groups -OCH3 is 2. The van der Waals surface area contributed by atoms with Crippen LogP contribution in [0, 0.1) is 11.7 Å². The fourth-order valence-corrected chi connectivity index (χ4v) is 5.67. The van der Waals surface area contributed by atoms with E-state index < -0.39 is 28.3 Å². The van der Waals surface area contributed by atoms with Gasteiger partial charge in [0.05, 0.1) is 29.8 Å². The Labute approximate surface area is 217 Å². The van der Waals surface area contributed by atoms with Crippen LogP contribution in [0.3, 0.4) is 0 Å². The van der Waals surface area contributed by atoms with Gasteiger partial charge in [-0.25, -0.2) is 12.8 Å². The summed E-state index contributed by atoms with van der Waals surface area (Å²) in [6, 6.07) is 7.63. The number of rotatable bonds is 11. The van der Waals surface area contributed by atoms with E-state index in [4.69, 9.17) is 21.1 Å². The molecule has 1 saturated heterocycles. The standard InChI is InChI=1S/C25H33ClFN3O5S/c1-18-9-13-29(14-10-18)12-4-11-28-25(31)17-30(19-5-7-22(27)21(26)15-19)36(32,33)20-6-8-23(34-2)24(16-20)35-3/h5-8,15-16,18H,4,9-14,17H2,1-3H3,(H,28,31). The average Bonchev–Trinajstić information content (AvgIpc) is 2.87. The summed E-state index contributed by atoms with van der Waals surface area (Å²) in [6.07, 6.45) is 3.11. The Morgan fingerprint density at radius 3 is 2.47 bits per heavy atom. The Bertz CT molecular complexity index is 1160. The second-order valence-electron chi connectivity index (χ2n) is 8.85. The number of sulfonamides is 1. The van der Waals surface area contributed by atoms with E-state index in [1.165, 1.54) is 57.4 Å². The molecular weight excluding hydrogens is 509 g/mol. The second kappa shape index (κ2) is 12.6. The molecule has 0 aliphatic carbocycles. The van der Waals surface area contributed by atoms with Crippen LogP contribution >= 0.6 is 11.6 Å². The summed E-state index contributed by atoms with van der Waals surface area (Å²) in [4.78, 5) is 15.0. The quantitative estimate of drug-likeness (QED) is 0.434. The van der Waals surface area contributed by atoms with Gasteiger partial charge in [0, 0.05) is 12.6 Å². The van der Waals surface area contributed by atoms with Crippen molar-refractivity contribution >= 4 is 33.2 Å². The highest BCUT2D eigenvalue weighted by Crippen LogP contribution is 2.33. The van der Waals surface area contributed by atoms with E-state index in [-0.39, 0.29) is 21.4 Å². The van der Waals surface area contributed by atoms with Gasteiger partial charge in [0.15, 0.2) is 11.5 Å². The lowest BCUT2D eigenvalue weighted by Gasteiger charge is -2.30. The first-order valence-electron chi connectivity index (χ1n) is 11.8. The van der Waals surface area contributed by atoms with Crippen molar-refractivity contribution in [3.63, 3.8) is 0 Å². The number of carbonyl (C=O) groups is 1. The number of hydrogen-bond donors (Lipinski definition) is 1. The molecule has 36 heavy (non-hydrogen) atoms. The van der Waals surface area contributed by atoms with Crippen molar-refractivity contribution in [1.82, 2.24) is 10.2 Å². The smallest absolute Gasteiger partial charge is 0.264 e. The van der Waals surface area contributed by atoms with Crippen LogP contribution in [0.1, 0.15) is 26.2 Å². The molecule has 8 nitrogen and oxygen atoms in total. The van der Waals surface area contributed by atoms with Gasteiger partial charge in [-0.05, 0) is 75.1 Å². The van der Waals surface area contributed by atoms with E-state index in [1.807, 2.05) is 0 Å². The zero-order valence-electron chi connectivity index (χ0n) is 20.8. The molecule has 1 heterocycles. The molecule has 0 saturated carbocycles. The van der Waals surface area contributed by atoms with Gasteiger partial charge in [-0.15, -0.1) is 0 Å². The van der Waals surface area contributed by atoms with Gasteiger partial charge in [-0.3, -0.25) is 9.10 Å². The first kappa shape index (κ1) is 28.0. The van der Waals surface area contributed by atoms with Gasteiger partial charge in [-0.1, -0.05) is 18.5 Å². The maximum Gasteiger partial charge on any atom is 0.264 e. The number of carbonyl (C=O) groups excluding carboxylic acids is 1. The van der Waals surface area contributed by atoms with E-state index >= 15 is 0 Å². The Balaban J connectivity index is 1.75. The van der Waals surface area contributed by atoms with Crippen molar-refractivity contribution < 1.29 is 27.1 Å². The SMILES string of the molecule is COc1ccc(S(=O)(=O)N(CC(=O)NCCCN2CCC(C)CC2)c2ccc(F)c(Cl)c2)cc1OC. The number of amides is 1. The molecule has 198 valence electrons. The highest BCUT2D eigenvalue weighted by Gasteiger charge is 2.29. The van der Waals surface area contributed by atoms with E-state index in [1.54, 1.807) is 0 Å². The molecule has 1 aliphatic rings. The summed E-state index contributed by atoms with van der Waals surface area (Å²) in [7, 11) is -1.41. The second-order valence-corrected chi connectivity index (χ2v) is 11.1. The lowest BCUT2D eigenvalue weighted by molar-refractivity contribution is -0.119. The molecule has 0 aromatic heterocycles. The summed E-state index contributed by atoms with van der Waals surface area (Å²) in [5.41, 5.74) is 0.0637. The van der Waals surface area contributed by atoms with Crippen LogP contribution < -0.4 is 19.1 Å². The van der Waals surface area contributed by atoms with Crippen LogP contribution in [0.15, 0.2) is 41.3 Å². The van der Waals surface area contributed by atoms with E-state index in [9.17, 15) is 17.6 Å². The molecular formula is C25H33ClFN3O5S. The first-order valence-corrected chi connectivity index (χ1v) is 13.7. The van der Waals surface area contributed by atoms with Crippen molar-refractivity contribution in [1.29, 1.82) is 0 Å². The van der Waals surface area contributed by atoms with Crippen molar-refractivity contribution in [2.24, 2.45) is 5.92 Å². The lowest BCUT2D eigenvalue weighted by atomic mass is 9.99. The van der Waals surface area contributed by atoms with Crippen molar-refractivity contribution in [3.05, 3.63) is 47.2 Å². The van der Waals surface area contributed by atoms with Gasteiger partial charge in [-0.2, -0.15) is 0 Å². The predicted octanol–water partition coefficient (Wildman–Crippen LogP) is 3.93. The Morgan fingerprint density at radius 2 is 1.83 bits per heavy atom. The molecule has 2 aromatic rings. The van der Waals surface area contributed by atoms with Crippen LogP contribution in [-0.2, 0) is 14.8 Å². The minimum Gasteiger partial charge on any atom is -0.493 e. The first-order chi connectivity index (χ1) is 17.1. The summed E-state index contributed by atoms with van der Waals surface area (Å²) < 4.78 is 52.3. The van der Waals surface area contributed by atoms with Crippen molar-refractivity contribution in [3.8, 4) is 11.5 Å². The average molecular weight is 542 g/mol. The van der Waals surface area contributed by atoms with E-state index in [2.05, 4.69) is 17.1 Å². The summed E-state index contributed by atoms with van der Waals surface area (Å²) in [5.74, 6) is 0.146. The third-order valence-corrected chi connectivity index (χ3v) is 8.33. The van der Waals surface area contributed by atoms with Crippen molar-refractivity contribution in [2.45, 2.75) is 31.1 Å². The van der Waals surface area contributed by atoms with Gasteiger partial charge in [0.25, 0.3) is 10.0 Å². The van der Waals surface area contributed by atoms with Gasteiger partial charge >= 0.3 is 0 Å². The van der Waals surface area contributed by atoms with E-state index in [0.717, 1.165) is 42.3 Å². The minimum absolute atomic E-state index is 0.0637. The molecule has 11 heteroatoms. The van der Waals surface area contributed by atoms with E-state index in [0.29, 0.717) is 12.3 Å². The molecule has 0 radical (unpaired) electrons. The molecule has 1 amide bonds. The zero-order chi connectivity index (χ0) is 26.3. The molecule has 1 aliphatic heterocycles. The molecule has 0 unspecified atom stereocenters. The largest absolute Gasteiger partial charge is 0.493 e. The normalized spacial score (nSPS) is 14.9. The van der Waals surface area contributed by atoms with Crippen LogP contribution in [-0.4, -0.2) is 66.2 Å². The zero-order valence-corrected chi connectivity index (χ0v) is 22.4. The summed E-state index contributed by atoms with van der Waals surface area (Å²) >= 11 is 5.92. The monoisotopic (exact) mass is 541 g/mol. The fourth-order valence-electron chi connectivity index (χ4n) is 4.06. The van der Waals surface area contributed by atoms with Crippen LogP contribution in [0.4, 0.5) is 10.1 Å². The third kappa shape index (κ3) is 7.02. The number of piperidine rings is 1. The number of halogens is 2. The molecule has 0 spiro atoms. The summed E-state index contributed by atoms with van der Waals surface area (Å²) in [6.45, 7) is 5.15. The van der Waals surface area contributed by atoms with Gasteiger partial charge < -0.3 is 19.7 Å². The fraction of sp³-hybridized carbons (Fsp3) is 0.480. The number of nitrogens with one attached hydrogen (secondary N) is 1. The summed E-state index contributed by atoms with van der Waals surface area (Å²) in [5, 5.41) is 2.54. The third-order valence-electron chi connectivity index (χ3n) is 6.27. The molecule has 0 atom stereocenters. The van der Waals surface area contributed by atoms with Crippen molar-refractivity contribution in [2.75, 3.05) is 51.2 Å². The lowest BCUT2D eigenvalue weighted by Crippen LogP contribution is -2.42. The maximum atomic E-state index is 13.8. The number of nitrogens with zero attached hydrogens (tertiary/aromatic N) is 2. The van der Waals surface area contributed by atoms with Gasteiger partial charge in [0.2, 0.25) is 5.91 Å². The van der Waals surface area contributed by atoms with Gasteiger partial charge in [0.1, 0.15) is 12.4 Å². The van der Waals surface area contributed by atoms with Crippen LogP contribution in [0.2, 0.25) is 5.02 Å². The molecule has 1 N–H and O–H groups in total. The Morgan fingerprint density at radius 1 is 1.14 bits per heavy atom. The molecule has 0 bridgehead atoms. The highest BCUT2D eigenvalue weighted by molar-refractivity contribution is 7.92. The number of benzene rings is 2. The number of anilines is 1. The number of likely N-dealkylation sites (tertiary alicyclic amines) is 1. The topological polar surface area (TPSA) is 88.2 Å². The Hall–Kier alpha value is -2.56. The highest BCUT2D eigenvalue weighted by atomic mass is 35.5.